The second-order valence-corrected chi connectivity index (χ2v) is 8.89. The summed E-state index contributed by atoms with van der Waals surface area (Å²) in [5.74, 6) is 0.641. The second kappa shape index (κ2) is 8.74. The van der Waals surface area contributed by atoms with Crippen LogP contribution in [0.15, 0.2) is 24.3 Å². The van der Waals surface area contributed by atoms with Gasteiger partial charge in [-0.3, -0.25) is 9.59 Å². The molecular formula is C23H33N3O3. The van der Waals surface area contributed by atoms with Crippen molar-refractivity contribution in [2.45, 2.75) is 50.5 Å². The Morgan fingerprint density at radius 3 is 2.38 bits per heavy atom. The summed E-state index contributed by atoms with van der Waals surface area (Å²) in [4.78, 5) is 32.4. The standard InChI is InChI=1S/C23H33N3O3/c1-24-15-11-23(12-16-24)18-26(22(28)19-9-5-6-10-20(19)29-23)17-21(27)25-13-7-3-2-4-8-14-25/h5-6,9-10H,2-4,7-8,11-18H2,1H3. The Kier molecular flexibility index (Phi) is 6.09. The van der Waals surface area contributed by atoms with Crippen LogP contribution in [0.1, 0.15) is 55.3 Å². The van der Waals surface area contributed by atoms with Crippen molar-refractivity contribution in [3.8, 4) is 5.75 Å². The molecule has 1 aromatic rings. The third kappa shape index (κ3) is 4.58. The van der Waals surface area contributed by atoms with E-state index in [0.717, 1.165) is 51.9 Å². The van der Waals surface area contributed by atoms with Crippen LogP contribution in [-0.4, -0.2) is 78.4 Å². The second-order valence-electron chi connectivity index (χ2n) is 8.89. The van der Waals surface area contributed by atoms with Gasteiger partial charge in [0.15, 0.2) is 0 Å². The number of hydrogen-bond acceptors (Lipinski definition) is 4. The highest BCUT2D eigenvalue weighted by Gasteiger charge is 2.43. The zero-order chi connectivity index (χ0) is 20.3. The molecule has 6 nitrogen and oxygen atoms in total. The third-order valence-corrected chi connectivity index (χ3v) is 6.64. The van der Waals surface area contributed by atoms with Crippen molar-refractivity contribution < 1.29 is 14.3 Å². The average Bonchev–Trinajstić information content (AvgIpc) is 2.79. The zero-order valence-corrected chi connectivity index (χ0v) is 17.6. The van der Waals surface area contributed by atoms with E-state index in [2.05, 4.69) is 11.9 Å². The molecule has 0 bridgehead atoms. The number of benzene rings is 1. The van der Waals surface area contributed by atoms with Crippen molar-refractivity contribution in [2.24, 2.45) is 0 Å². The molecule has 158 valence electrons. The van der Waals surface area contributed by atoms with Crippen LogP contribution in [0.25, 0.3) is 0 Å². The summed E-state index contributed by atoms with van der Waals surface area (Å²) in [6.45, 7) is 4.12. The lowest BCUT2D eigenvalue weighted by Gasteiger charge is -2.41. The molecule has 0 radical (unpaired) electrons. The van der Waals surface area contributed by atoms with Crippen LogP contribution in [0.3, 0.4) is 0 Å². The lowest BCUT2D eigenvalue weighted by molar-refractivity contribution is -0.132. The Morgan fingerprint density at radius 2 is 1.66 bits per heavy atom. The first-order chi connectivity index (χ1) is 14.1. The molecule has 1 aromatic carbocycles. The minimum atomic E-state index is -0.411. The smallest absolute Gasteiger partial charge is 0.258 e. The van der Waals surface area contributed by atoms with Gasteiger partial charge in [-0.25, -0.2) is 0 Å². The fourth-order valence-electron chi connectivity index (χ4n) is 4.76. The maximum Gasteiger partial charge on any atom is 0.258 e. The third-order valence-electron chi connectivity index (χ3n) is 6.64. The Balaban J connectivity index is 1.56. The quantitative estimate of drug-likeness (QED) is 0.767. The van der Waals surface area contributed by atoms with Crippen molar-refractivity contribution in [1.29, 1.82) is 0 Å². The minimum absolute atomic E-state index is 0.0720. The number of amides is 2. The SMILES string of the molecule is CN1CCC2(CC1)CN(CC(=O)N1CCCCCCC1)C(=O)c1ccccc1O2. The first kappa shape index (κ1) is 20.2. The predicted molar refractivity (Wildman–Crippen MR) is 112 cm³/mol. The monoisotopic (exact) mass is 399 g/mol. The molecule has 2 fully saturated rings. The molecule has 2 saturated heterocycles. The lowest BCUT2D eigenvalue weighted by Crippen LogP contribution is -2.55. The Hall–Kier alpha value is -2.08. The van der Waals surface area contributed by atoms with E-state index < -0.39 is 5.60 Å². The van der Waals surface area contributed by atoms with Gasteiger partial charge in [0.2, 0.25) is 5.91 Å². The Labute approximate surface area is 173 Å². The molecule has 1 spiro atoms. The highest BCUT2D eigenvalue weighted by molar-refractivity contribution is 5.99. The molecule has 3 aliphatic rings. The number of carbonyl (C=O) groups is 2. The summed E-state index contributed by atoms with van der Waals surface area (Å²) in [5.41, 5.74) is 0.162. The number of piperidine rings is 1. The van der Waals surface area contributed by atoms with Crippen molar-refractivity contribution in [1.82, 2.24) is 14.7 Å². The first-order valence-electron chi connectivity index (χ1n) is 11.1. The highest BCUT2D eigenvalue weighted by atomic mass is 16.5. The van der Waals surface area contributed by atoms with Crippen LogP contribution in [0.2, 0.25) is 0 Å². The fraction of sp³-hybridized carbons (Fsp3) is 0.652. The number of nitrogens with zero attached hydrogens (tertiary/aromatic N) is 3. The van der Waals surface area contributed by atoms with Gasteiger partial charge < -0.3 is 19.4 Å². The molecule has 0 N–H and O–H groups in total. The van der Waals surface area contributed by atoms with E-state index in [4.69, 9.17) is 4.74 Å². The topological polar surface area (TPSA) is 53.1 Å². The van der Waals surface area contributed by atoms with Crippen LogP contribution >= 0.6 is 0 Å². The maximum absolute atomic E-state index is 13.3. The van der Waals surface area contributed by atoms with Crippen LogP contribution in [0.5, 0.6) is 5.75 Å². The van der Waals surface area contributed by atoms with Gasteiger partial charge in [-0.2, -0.15) is 0 Å². The van der Waals surface area contributed by atoms with E-state index in [1.165, 1.54) is 19.3 Å². The molecule has 2 amide bonds. The molecule has 29 heavy (non-hydrogen) atoms. The van der Waals surface area contributed by atoms with Gasteiger partial charge in [0.1, 0.15) is 17.9 Å². The van der Waals surface area contributed by atoms with Crippen molar-refractivity contribution in [3.63, 3.8) is 0 Å². The van der Waals surface area contributed by atoms with Crippen LogP contribution in [0, 0.1) is 0 Å². The predicted octanol–water partition coefficient (Wildman–Crippen LogP) is 2.78. The van der Waals surface area contributed by atoms with Gasteiger partial charge in [0.25, 0.3) is 5.91 Å². The molecule has 3 heterocycles. The van der Waals surface area contributed by atoms with Gasteiger partial charge in [0.05, 0.1) is 12.1 Å². The zero-order valence-electron chi connectivity index (χ0n) is 17.6. The summed E-state index contributed by atoms with van der Waals surface area (Å²) in [6.07, 6.45) is 7.47. The van der Waals surface area contributed by atoms with Gasteiger partial charge in [-0.05, 0) is 32.0 Å². The van der Waals surface area contributed by atoms with Crippen molar-refractivity contribution in [2.75, 3.05) is 46.3 Å². The molecule has 0 aliphatic carbocycles. The molecule has 3 aliphatic heterocycles. The van der Waals surface area contributed by atoms with Gasteiger partial charge in [0, 0.05) is 39.0 Å². The van der Waals surface area contributed by atoms with Crippen LogP contribution in [0.4, 0.5) is 0 Å². The van der Waals surface area contributed by atoms with Crippen molar-refractivity contribution in [3.05, 3.63) is 29.8 Å². The molecule has 0 atom stereocenters. The van der Waals surface area contributed by atoms with Crippen LogP contribution < -0.4 is 4.74 Å². The lowest BCUT2D eigenvalue weighted by atomic mass is 9.90. The normalized spacial score (nSPS) is 23.0. The van der Waals surface area contributed by atoms with Crippen LogP contribution in [-0.2, 0) is 4.79 Å². The first-order valence-corrected chi connectivity index (χ1v) is 11.1. The van der Waals surface area contributed by atoms with Gasteiger partial charge in [-0.1, -0.05) is 31.4 Å². The van der Waals surface area contributed by atoms with Gasteiger partial charge >= 0.3 is 0 Å². The van der Waals surface area contributed by atoms with E-state index in [0.29, 0.717) is 17.9 Å². The minimum Gasteiger partial charge on any atom is -0.484 e. The highest BCUT2D eigenvalue weighted by Crippen LogP contribution is 2.35. The van der Waals surface area contributed by atoms with E-state index in [1.807, 2.05) is 29.2 Å². The van der Waals surface area contributed by atoms with E-state index in [-0.39, 0.29) is 18.4 Å². The summed E-state index contributed by atoms with van der Waals surface area (Å²) in [7, 11) is 2.12. The molecule has 0 saturated carbocycles. The number of ether oxygens (including phenoxy) is 1. The van der Waals surface area contributed by atoms with Crippen molar-refractivity contribution >= 4 is 11.8 Å². The number of carbonyl (C=O) groups excluding carboxylic acids is 2. The molecule has 6 heteroatoms. The summed E-state index contributed by atoms with van der Waals surface area (Å²) < 4.78 is 6.48. The maximum atomic E-state index is 13.3. The molecular weight excluding hydrogens is 366 g/mol. The number of rotatable bonds is 2. The molecule has 0 unspecified atom stereocenters. The summed E-state index contributed by atoms with van der Waals surface area (Å²) in [6, 6.07) is 7.48. The Morgan fingerprint density at radius 1 is 1.00 bits per heavy atom. The summed E-state index contributed by atoms with van der Waals surface area (Å²) >= 11 is 0. The molecule has 4 rings (SSSR count). The van der Waals surface area contributed by atoms with Gasteiger partial charge in [-0.15, -0.1) is 0 Å². The number of hydrogen-bond donors (Lipinski definition) is 0. The average molecular weight is 400 g/mol. The van der Waals surface area contributed by atoms with E-state index >= 15 is 0 Å². The number of fused-ring (bicyclic) bond motifs is 1. The largest absolute Gasteiger partial charge is 0.484 e. The number of para-hydroxylation sites is 1. The van der Waals surface area contributed by atoms with E-state index in [1.54, 1.807) is 4.90 Å². The molecule has 0 aromatic heterocycles. The Bertz CT molecular complexity index is 735. The van der Waals surface area contributed by atoms with E-state index in [9.17, 15) is 9.59 Å². The summed E-state index contributed by atoms with van der Waals surface area (Å²) in [5, 5.41) is 0. The fourth-order valence-corrected chi connectivity index (χ4v) is 4.76. The number of likely N-dealkylation sites (tertiary alicyclic amines) is 2.